The van der Waals surface area contributed by atoms with E-state index < -0.39 is 10.8 Å². The average molecular weight is 295 g/mol. The zero-order valence-corrected chi connectivity index (χ0v) is 13.3. The molecule has 0 saturated carbocycles. The minimum absolute atomic E-state index is 0.0626. The van der Waals surface area contributed by atoms with Crippen LogP contribution >= 0.6 is 11.6 Å². The van der Waals surface area contributed by atoms with E-state index in [1.807, 2.05) is 20.8 Å². The van der Waals surface area contributed by atoms with Crippen molar-refractivity contribution >= 4 is 22.6 Å². The van der Waals surface area contributed by atoms with Gasteiger partial charge in [0, 0.05) is 5.56 Å². The first-order chi connectivity index (χ1) is 9.19. The van der Waals surface area contributed by atoms with Gasteiger partial charge in [-0.05, 0) is 81.3 Å². The van der Waals surface area contributed by atoms with Gasteiger partial charge in [0.2, 0.25) is 0 Å². The van der Waals surface area contributed by atoms with Crippen molar-refractivity contribution in [1.82, 2.24) is 0 Å². The van der Waals surface area contributed by atoms with E-state index in [4.69, 9.17) is 16.3 Å². The Labute approximate surface area is 124 Å². The van der Waals surface area contributed by atoms with Crippen LogP contribution in [0.4, 0.5) is 0 Å². The number of fused-ring (bicyclic) bond motifs is 1. The van der Waals surface area contributed by atoms with E-state index in [-0.39, 0.29) is 5.78 Å². The average Bonchev–Trinajstić information content (AvgIpc) is 2.35. The van der Waals surface area contributed by atoms with E-state index in [0.29, 0.717) is 18.6 Å². The van der Waals surface area contributed by atoms with Gasteiger partial charge in [0.1, 0.15) is 5.75 Å². The SMILES string of the molecule is CC(=O)c1c(C)c(C)c2c(c1C)CCC(C)(C(=O)Cl)O2. The Morgan fingerprint density at radius 1 is 1.15 bits per heavy atom. The second-order valence-corrected chi connectivity index (χ2v) is 6.06. The van der Waals surface area contributed by atoms with Crippen molar-refractivity contribution in [3.05, 3.63) is 27.8 Å². The molecule has 1 aromatic rings. The second kappa shape index (κ2) is 4.88. The Balaban J connectivity index is 2.67. The molecule has 0 aromatic heterocycles. The Bertz CT molecular complexity index is 619. The molecule has 1 aromatic carbocycles. The number of halogens is 1. The quantitative estimate of drug-likeness (QED) is 0.617. The number of rotatable bonds is 2. The van der Waals surface area contributed by atoms with Crippen molar-refractivity contribution in [3.63, 3.8) is 0 Å². The third-order valence-corrected chi connectivity index (χ3v) is 4.73. The molecule has 0 saturated heterocycles. The minimum Gasteiger partial charge on any atom is -0.478 e. The number of ether oxygens (including phenoxy) is 1. The summed E-state index contributed by atoms with van der Waals surface area (Å²) < 4.78 is 5.92. The fraction of sp³-hybridized carbons (Fsp3) is 0.500. The summed E-state index contributed by atoms with van der Waals surface area (Å²) in [6, 6.07) is 0. The van der Waals surface area contributed by atoms with Crippen molar-refractivity contribution in [2.24, 2.45) is 0 Å². The van der Waals surface area contributed by atoms with E-state index in [1.165, 1.54) is 0 Å². The highest BCUT2D eigenvalue weighted by Crippen LogP contribution is 2.41. The smallest absolute Gasteiger partial charge is 0.265 e. The summed E-state index contributed by atoms with van der Waals surface area (Å²) in [7, 11) is 0. The first-order valence-electron chi connectivity index (χ1n) is 6.71. The van der Waals surface area contributed by atoms with Gasteiger partial charge in [-0.1, -0.05) is 0 Å². The number of hydrogen-bond donors (Lipinski definition) is 0. The molecule has 0 bridgehead atoms. The zero-order valence-electron chi connectivity index (χ0n) is 12.5. The molecule has 2 rings (SSSR count). The van der Waals surface area contributed by atoms with Crippen LogP contribution in [0.25, 0.3) is 0 Å². The summed E-state index contributed by atoms with van der Waals surface area (Å²) in [4.78, 5) is 23.4. The van der Waals surface area contributed by atoms with Crippen molar-refractivity contribution in [1.29, 1.82) is 0 Å². The van der Waals surface area contributed by atoms with Gasteiger partial charge in [0.25, 0.3) is 5.24 Å². The summed E-state index contributed by atoms with van der Waals surface area (Å²) in [6.07, 6.45) is 1.22. The van der Waals surface area contributed by atoms with Crippen LogP contribution < -0.4 is 4.74 Å². The number of benzene rings is 1. The molecule has 0 radical (unpaired) electrons. The molecule has 1 unspecified atom stereocenters. The fourth-order valence-corrected chi connectivity index (χ4v) is 3.07. The number of carbonyl (C=O) groups excluding carboxylic acids is 2. The van der Waals surface area contributed by atoms with E-state index in [1.54, 1.807) is 13.8 Å². The third kappa shape index (κ3) is 2.14. The topological polar surface area (TPSA) is 43.4 Å². The normalized spacial score (nSPS) is 21.1. The largest absolute Gasteiger partial charge is 0.478 e. The maximum absolute atomic E-state index is 11.8. The van der Waals surface area contributed by atoms with Gasteiger partial charge in [0.15, 0.2) is 11.4 Å². The van der Waals surface area contributed by atoms with Gasteiger partial charge in [0.05, 0.1) is 0 Å². The van der Waals surface area contributed by atoms with Crippen molar-refractivity contribution < 1.29 is 14.3 Å². The lowest BCUT2D eigenvalue weighted by atomic mass is 9.84. The first kappa shape index (κ1) is 15.0. The monoisotopic (exact) mass is 294 g/mol. The highest BCUT2D eigenvalue weighted by Gasteiger charge is 2.39. The van der Waals surface area contributed by atoms with Crippen LogP contribution in [0, 0.1) is 20.8 Å². The van der Waals surface area contributed by atoms with Crippen LogP contribution in [0.15, 0.2) is 0 Å². The molecule has 0 fully saturated rings. The number of Topliss-reactive ketones (excluding diaryl/α,β-unsaturated/α-hetero) is 1. The Morgan fingerprint density at radius 3 is 2.25 bits per heavy atom. The van der Waals surface area contributed by atoms with E-state index in [0.717, 1.165) is 27.8 Å². The summed E-state index contributed by atoms with van der Waals surface area (Å²) in [6.45, 7) is 9.07. The molecular weight excluding hydrogens is 276 g/mol. The van der Waals surface area contributed by atoms with E-state index >= 15 is 0 Å². The molecule has 4 heteroatoms. The molecular formula is C16H19ClO3. The molecule has 20 heavy (non-hydrogen) atoms. The predicted octanol–water partition coefficient (Wildman–Crippen LogP) is 3.66. The predicted molar refractivity (Wildman–Crippen MR) is 78.9 cm³/mol. The standard InChI is InChI=1S/C16H19ClO3/c1-8-9(2)14-12(10(3)13(8)11(4)18)6-7-16(5,20-14)15(17)19/h6-7H2,1-5H3. The Morgan fingerprint density at radius 2 is 1.75 bits per heavy atom. The van der Waals surface area contributed by atoms with Crippen LogP contribution in [-0.4, -0.2) is 16.6 Å². The molecule has 1 heterocycles. The van der Waals surface area contributed by atoms with Crippen LogP contribution in [0.1, 0.15) is 52.9 Å². The minimum atomic E-state index is -0.976. The zero-order chi connectivity index (χ0) is 15.2. The van der Waals surface area contributed by atoms with Crippen molar-refractivity contribution in [2.45, 2.75) is 53.1 Å². The molecule has 1 atom stereocenters. The molecule has 3 nitrogen and oxygen atoms in total. The molecule has 0 amide bonds. The van der Waals surface area contributed by atoms with Gasteiger partial charge < -0.3 is 4.74 Å². The van der Waals surface area contributed by atoms with Gasteiger partial charge in [-0.3, -0.25) is 9.59 Å². The lowest BCUT2D eigenvalue weighted by molar-refractivity contribution is -0.125. The Hall–Kier alpha value is -1.35. The summed E-state index contributed by atoms with van der Waals surface area (Å²) in [5.74, 6) is 0.778. The summed E-state index contributed by atoms with van der Waals surface area (Å²) in [5.41, 5.74) is 3.61. The molecule has 0 aliphatic carbocycles. The Kier molecular flexibility index (Phi) is 3.67. The number of ketones is 1. The van der Waals surface area contributed by atoms with Crippen LogP contribution in [-0.2, 0) is 11.2 Å². The maximum atomic E-state index is 11.8. The van der Waals surface area contributed by atoms with Crippen molar-refractivity contribution in [3.8, 4) is 5.75 Å². The number of carbonyl (C=O) groups is 2. The fourth-order valence-electron chi connectivity index (χ4n) is 2.93. The molecule has 0 spiro atoms. The van der Waals surface area contributed by atoms with Gasteiger partial charge >= 0.3 is 0 Å². The molecule has 0 N–H and O–H groups in total. The van der Waals surface area contributed by atoms with E-state index in [9.17, 15) is 9.59 Å². The lowest BCUT2D eigenvalue weighted by Crippen LogP contribution is -2.42. The summed E-state index contributed by atoms with van der Waals surface area (Å²) >= 11 is 5.66. The van der Waals surface area contributed by atoms with Crippen LogP contribution in [0.2, 0.25) is 0 Å². The molecule has 1 aliphatic heterocycles. The van der Waals surface area contributed by atoms with E-state index in [2.05, 4.69) is 0 Å². The highest BCUT2D eigenvalue weighted by molar-refractivity contribution is 6.65. The van der Waals surface area contributed by atoms with Gasteiger partial charge in [-0.2, -0.15) is 0 Å². The second-order valence-electron chi connectivity index (χ2n) is 5.72. The van der Waals surface area contributed by atoms with Gasteiger partial charge in [-0.25, -0.2) is 0 Å². The van der Waals surface area contributed by atoms with Crippen LogP contribution in [0.5, 0.6) is 5.75 Å². The number of hydrogen-bond acceptors (Lipinski definition) is 3. The molecule has 1 aliphatic rings. The first-order valence-corrected chi connectivity index (χ1v) is 7.09. The highest BCUT2D eigenvalue weighted by atomic mass is 35.5. The van der Waals surface area contributed by atoms with Crippen molar-refractivity contribution in [2.75, 3.05) is 0 Å². The lowest BCUT2D eigenvalue weighted by Gasteiger charge is -2.35. The van der Waals surface area contributed by atoms with Crippen LogP contribution in [0.3, 0.4) is 0 Å². The maximum Gasteiger partial charge on any atom is 0.265 e. The summed E-state index contributed by atoms with van der Waals surface area (Å²) in [5, 5.41) is -0.478. The third-order valence-electron chi connectivity index (χ3n) is 4.33. The van der Waals surface area contributed by atoms with Gasteiger partial charge in [-0.15, -0.1) is 0 Å². The molecule has 108 valence electrons.